The first-order valence-electron chi connectivity index (χ1n) is 28.3. The van der Waals surface area contributed by atoms with Gasteiger partial charge in [-0.2, -0.15) is 0 Å². The summed E-state index contributed by atoms with van der Waals surface area (Å²) in [5, 5.41) is 24.9. The van der Waals surface area contributed by atoms with Crippen molar-refractivity contribution in [2.24, 2.45) is 28.3 Å². The molecule has 3 heterocycles. The van der Waals surface area contributed by atoms with Crippen molar-refractivity contribution in [2.45, 2.75) is 160 Å². The Hall–Kier alpha value is -6.40. The zero-order valence-electron chi connectivity index (χ0n) is 47.1. The van der Waals surface area contributed by atoms with Crippen LogP contribution >= 0.6 is 7.26 Å². The highest BCUT2D eigenvalue weighted by Gasteiger charge is 2.47. The molecule has 0 saturated carbocycles. The van der Waals surface area contributed by atoms with Crippen LogP contribution in [0.2, 0.25) is 0 Å². The molecule has 0 unspecified atom stereocenters. The van der Waals surface area contributed by atoms with Gasteiger partial charge in [0.05, 0.1) is 6.16 Å². The minimum Gasteiger partial charge on any atom is -1.00 e. The molecular formula is C59H84BrN10O9P. The fourth-order valence-corrected chi connectivity index (χ4v) is 15.8. The number of carboxylic acid groups (broad SMARTS) is 1. The van der Waals surface area contributed by atoms with Crippen LogP contribution in [0.4, 0.5) is 0 Å². The van der Waals surface area contributed by atoms with Crippen molar-refractivity contribution in [3.8, 4) is 0 Å². The molecule has 6 rings (SSSR count). The lowest BCUT2D eigenvalue weighted by molar-refractivity contribution is -0.150. The summed E-state index contributed by atoms with van der Waals surface area (Å²) >= 11 is 0. The number of nitrogens with zero attached hydrogens (tertiary/aromatic N) is 4. The molecule has 21 heteroatoms. The second kappa shape index (κ2) is 31.0. The number of rotatable bonds is 27. The minimum absolute atomic E-state index is 0. The lowest BCUT2D eigenvalue weighted by atomic mass is 10.0. The Bertz CT molecular complexity index is 2500. The molecule has 3 aliphatic rings. The summed E-state index contributed by atoms with van der Waals surface area (Å²) in [6, 6.07) is 24.6. The van der Waals surface area contributed by atoms with Crippen LogP contribution in [-0.2, 0) is 38.4 Å². The monoisotopic (exact) mass is 1190 g/mol. The maximum absolute atomic E-state index is 14.5. The van der Waals surface area contributed by atoms with E-state index in [1.165, 1.54) is 37.5 Å². The average Bonchev–Trinajstić information content (AvgIpc) is 4.30. The van der Waals surface area contributed by atoms with Gasteiger partial charge in [-0.3, -0.25) is 38.6 Å². The molecule has 7 amide bonds. The number of benzene rings is 3. The zero-order chi connectivity index (χ0) is 57.2. The number of carbonyl (C=O) groups is 8. The minimum atomic E-state index is -2.12. The molecule has 0 spiro atoms. The van der Waals surface area contributed by atoms with Crippen molar-refractivity contribution < 1.29 is 60.4 Å². The van der Waals surface area contributed by atoms with E-state index in [9.17, 15) is 43.5 Å². The number of halogens is 1. The van der Waals surface area contributed by atoms with Crippen LogP contribution in [0.3, 0.4) is 0 Å². The van der Waals surface area contributed by atoms with Crippen LogP contribution in [0.5, 0.6) is 0 Å². The summed E-state index contributed by atoms with van der Waals surface area (Å²) in [5.74, 6) is -4.63. The summed E-state index contributed by atoms with van der Waals surface area (Å²) in [7, 11) is -2.12. The highest BCUT2D eigenvalue weighted by atomic mass is 79.9. The number of aliphatic imine (C=N–C) groups is 1. The van der Waals surface area contributed by atoms with Crippen LogP contribution in [0.15, 0.2) is 96.0 Å². The molecule has 80 heavy (non-hydrogen) atoms. The number of hydrogen-bond acceptors (Lipinski definition) is 9. The van der Waals surface area contributed by atoms with E-state index in [1.54, 1.807) is 0 Å². The molecule has 0 radical (unpaired) electrons. The molecule has 3 aromatic rings. The normalized spacial score (nSPS) is 18.6. The Kier molecular flexibility index (Phi) is 25.0. The van der Waals surface area contributed by atoms with Gasteiger partial charge in [-0.1, -0.05) is 82.3 Å². The zero-order valence-corrected chi connectivity index (χ0v) is 49.5. The quantitative estimate of drug-likeness (QED) is 0.0236. The maximum atomic E-state index is 14.5. The van der Waals surface area contributed by atoms with Crippen LogP contribution in [0.25, 0.3) is 0 Å². The summed E-state index contributed by atoms with van der Waals surface area (Å²) in [4.78, 5) is 119. The first-order valence-corrected chi connectivity index (χ1v) is 30.2. The van der Waals surface area contributed by atoms with Crippen molar-refractivity contribution in [3.05, 3.63) is 91.0 Å². The molecule has 0 aromatic heterocycles. The molecule has 436 valence electrons. The Morgan fingerprint density at radius 2 is 1.06 bits per heavy atom. The van der Waals surface area contributed by atoms with Crippen molar-refractivity contribution in [3.63, 3.8) is 0 Å². The van der Waals surface area contributed by atoms with Crippen molar-refractivity contribution in [1.29, 1.82) is 0 Å². The van der Waals surface area contributed by atoms with Gasteiger partial charge in [-0.15, -0.1) is 0 Å². The molecule has 3 aromatic carbocycles. The predicted octanol–water partition coefficient (Wildman–Crippen LogP) is 0.317. The summed E-state index contributed by atoms with van der Waals surface area (Å²) < 4.78 is 0. The topological polar surface area (TPSA) is 279 Å². The van der Waals surface area contributed by atoms with E-state index in [-0.39, 0.29) is 92.5 Å². The predicted molar refractivity (Wildman–Crippen MR) is 308 cm³/mol. The van der Waals surface area contributed by atoms with E-state index < -0.39 is 91.0 Å². The third kappa shape index (κ3) is 17.1. The summed E-state index contributed by atoms with van der Waals surface area (Å²) in [6.07, 6.45) is 5.92. The maximum Gasteiger partial charge on any atom is 0.326 e. The third-order valence-electron chi connectivity index (χ3n) is 15.2. The smallest absolute Gasteiger partial charge is 0.326 e. The number of amides is 7. The largest absolute Gasteiger partial charge is 1.00 e. The highest BCUT2D eigenvalue weighted by Crippen LogP contribution is 2.56. The van der Waals surface area contributed by atoms with Crippen molar-refractivity contribution >= 4 is 76.5 Å². The fourth-order valence-electron chi connectivity index (χ4n) is 11.4. The van der Waals surface area contributed by atoms with Crippen molar-refractivity contribution in [2.75, 3.05) is 32.3 Å². The number of aliphatic carboxylic acids is 1. The van der Waals surface area contributed by atoms with E-state index in [4.69, 9.17) is 11.5 Å². The van der Waals surface area contributed by atoms with Crippen molar-refractivity contribution in [1.82, 2.24) is 36.0 Å². The van der Waals surface area contributed by atoms with E-state index in [2.05, 4.69) is 99.1 Å². The van der Waals surface area contributed by atoms with E-state index in [1.807, 2.05) is 45.9 Å². The van der Waals surface area contributed by atoms with Crippen LogP contribution in [-0.4, -0.2) is 148 Å². The fraction of sp³-hybridized carbons (Fsp3) is 0.542. The molecule has 0 aliphatic carbocycles. The molecule has 9 N–H and O–H groups in total. The van der Waals surface area contributed by atoms with Crippen LogP contribution in [0, 0.1) is 11.8 Å². The van der Waals surface area contributed by atoms with E-state index in [0.29, 0.717) is 51.4 Å². The number of unbranched alkanes of at least 4 members (excludes halogenated alkanes) is 1. The Balaban J connectivity index is 0.0000118. The molecule has 3 saturated heterocycles. The molecule has 3 fully saturated rings. The number of nitrogens with two attached hydrogens (primary N) is 2. The number of likely N-dealkylation sites (tertiary alicyclic amines) is 3. The molecule has 7 atom stereocenters. The second-order valence-electron chi connectivity index (χ2n) is 22.1. The molecule has 19 nitrogen and oxygen atoms in total. The van der Waals surface area contributed by atoms with E-state index in [0.717, 1.165) is 12.6 Å². The number of guanidine groups is 1. The number of hydrogen-bond donors (Lipinski definition) is 7. The number of carboxylic acids is 1. The average molecular weight is 1190 g/mol. The highest BCUT2D eigenvalue weighted by molar-refractivity contribution is 7.95. The van der Waals surface area contributed by atoms with Gasteiger partial charge in [0.25, 0.3) is 0 Å². The van der Waals surface area contributed by atoms with Gasteiger partial charge >= 0.3 is 5.97 Å². The number of carbonyl (C=O) groups excluding carboxylic acids is 7. The van der Waals surface area contributed by atoms with Gasteiger partial charge in [0.2, 0.25) is 41.4 Å². The lowest BCUT2D eigenvalue weighted by Gasteiger charge is -2.34. The standard InChI is InChI=1S/C59H83N10O9P.BrH/c1-39(2)37-46(55(74)68-34-19-29-49(68)57(76)67-33-18-28-48(67)54(73)66-47(38-40(3)4)56(75)69-35-20-30-50(69)58(77)78)65-52(71)41(5)63-53(72)45(27-17-32-62-59(60)61)64-51(70)31-15-16-36-79(42-21-9-6-10-22-42,43-23-11-7-12-24-43)44-25-13-8-14-26-44;/h6-14,21-26,39-41,45-50H,15-20,27-38H2,1-5H3,(H8-,60,61,62,63,64,65,66,70,71,72,73,77,78);1H/t41-,45-,46-,47-,48-,49-,50-;/m0./s1. The molecule has 0 bridgehead atoms. The van der Waals surface area contributed by atoms with Gasteiger partial charge in [0, 0.05) is 32.6 Å². The Labute approximate surface area is 482 Å². The van der Waals surface area contributed by atoms with Gasteiger partial charge < -0.3 is 69.5 Å². The van der Waals surface area contributed by atoms with Gasteiger partial charge in [0.15, 0.2) is 5.96 Å². The summed E-state index contributed by atoms with van der Waals surface area (Å²) in [6.45, 7) is 10.1. The van der Waals surface area contributed by atoms with Gasteiger partial charge in [-0.25, -0.2) is 4.79 Å². The van der Waals surface area contributed by atoms with Crippen LogP contribution < -0.4 is 65.6 Å². The van der Waals surface area contributed by atoms with Gasteiger partial charge in [-0.05, 0) is 132 Å². The lowest BCUT2D eigenvalue weighted by Crippen LogP contribution is -3.00. The van der Waals surface area contributed by atoms with E-state index >= 15 is 0 Å². The third-order valence-corrected chi connectivity index (χ3v) is 19.7. The molecular weight excluding hydrogens is 1100 g/mol. The Morgan fingerprint density at radius 3 is 1.56 bits per heavy atom. The Morgan fingerprint density at radius 1 is 0.588 bits per heavy atom. The van der Waals surface area contributed by atoms with Gasteiger partial charge in [0.1, 0.15) is 65.5 Å². The SMILES string of the molecule is CC(C)C[C@H](NC(=O)[C@@H]1CCCN1C(=O)[C@@H]1CCCN1C(=O)[C@H](CC(C)C)NC(=O)[C@H](C)NC(=O)[C@H](CCCN=C(N)N)NC(=O)CCCC[P+](c1ccccc1)(c1ccccc1)c1ccccc1)C(=O)N1CCC[C@H]1C(=O)O.[Br-]. The first kappa shape index (κ1) is 64.4. The molecule has 3 aliphatic heterocycles. The summed E-state index contributed by atoms with van der Waals surface area (Å²) in [5.41, 5.74) is 11.1. The second-order valence-corrected chi connectivity index (χ2v) is 25.7. The van der Waals surface area contributed by atoms with Crippen LogP contribution in [0.1, 0.15) is 118 Å². The first-order chi connectivity index (χ1) is 37.8. The number of nitrogens with one attached hydrogen (secondary N) is 4.